The van der Waals surface area contributed by atoms with Crippen LogP contribution in [0.4, 0.5) is 5.82 Å². The number of hydrogen-bond donors (Lipinski definition) is 1. The molecule has 0 aromatic carbocycles. The predicted octanol–water partition coefficient (Wildman–Crippen LogP) is 2.07. The summed E-state index contributed by atoms with van der Waals surface area (Å²) in [5.41, 5.74) is 0.923. The lowest BCUT2D eigenvalue weighted by Crippen LogP contribution is -2.33. The quantitative estimate of drug-likeness (QED) is 0.823. The van der Waals surface area contributed by atoms with Crippen molar-refractivity contribution >= 4 is 17.4 Å². The molecule has 0 aliphatic rings. The molecule has 1 unspecified atom stereocenters. The highest BCUT2D eigenvalue weighted by molar-refractivity contribution is 6.30. The first kappa shape index (κ1) is 13.2. The molecule has 1 heterocycles. The standard InChI is InChI=1S/C11H18ClN3O/c1-7(2)9-10(12)13-6-14-11(9)15(4)8(3)5-16/h6-8,16H,5H2,1-4H3. The van der Waals surface area contributed by atoms with E-state index in [4.69, 9.17) is 16.7 Å². The highest BCUT2D eigenvalue weighted by atomic mass is 35.5. The lowest BCUT2D eigenvalue weighted by atomic mass is 10.1. The number of halogens is 1. The summed E-state index contributed by atoms with van der Waals surface area (Å²) in [4.78, 5) is 10.2. The van der Waals surface area contributed by atoms with Crippen molar-refractivity contribution in [1.29, 1.82) is 0 Å². The molecule has 1 aromatic heterocycles. The summed E-state index contributed by atoms with van der Waals surface area (Å²) in [5, 5.41) is 9.63. The Morgan fingerprint density at radius 3 is 2.50 bits per heavy atom. The first-order chi connectivity index (χ1) is 7.49. The Hall–Kier alpha value is -0.870. The van der Waals surface area contributed by atoms with Crippen LogP contribution in [0.2, 0.25) is 5.15 Å². The Morgan fingerprint density at radius 2 is 2.00 bits per heavy atom. The number of hydrogen-bond acceptors (Lipinski definition) is 4. The topological polar surface area (TPSA) is 49.2 Å². The fourth-order valence-electron chi connectivity index (χ4n) is 1.47. The van der Waals surface area contributed by atoms with E-state index in [0.717, 1.165) is 11.4 Å². The van der Waals surface area contributed by atoms with Gasteiger partial charge in [-0.3, -0.25) is 0 Å². The Kier molecular flexibility index (Phi) is 4.50. The largest absolute Gasteiger partial charge is 0.394 e. The van der Waals surface area contributed by atoms with Gasteiger partial charge in [-0.25, -0.2) is 9.97 Å². The third-order valence-electron chi connectivity index (χ3n) is 2.65. The molecule has 4 nitrogen and oxygen atoms in total. The molecule has 90 valence electrons. The average Bonchev–Trinajstić information content (AvgIpc) is 2.26. The Labute approximate surface area is 101 Å². The van der Waals surface area contributed by atoms with Gasteiger partial charge in [0.15, 0.2) is 0 Å². The molecule has 0 amide bonds. The second-order valence-electron chi connectivity index (χ2n) is 4.20. The molecule has 0 saturated carbocycles. The van der Waals surface area contributed by atoms with Crippen molar-refractivity contribution in [3.8, 4) is 0 Å². The smallest absolute Gasteiger partial charge is 0.138 e. The molecule has 0 spiro atoms. The van der Waals surface area contributed by atoms with E-state index in [-0.39, 0.29) is 18.6 Å². The maximum atomic E-state index is 9.15. The number of aliphatic hydroxyl groups is 1. The van der Waals surface area contributed by atoms with Crippen molar-refractivity contribution in [2.75, 3.05) is 18.6 Å². The summed E-state index contributed by atoms with van der Waals surface area (Å²) in [6.07, 6.45) is 1.45. The third-order valence-corrected chi connectivity index (χ3v) is 2.95. The van der Waals surface area contributed by atoms with Gasteiger partial charge in [0.25, 0.3) is 0 Å². The molecule has 0 fully saturated rings. The normalized spacial score (nSPS) is 12.9. The fraction of sp³-hybridized carbons (Fsp3) is 0.636. The summed E-state index contributed by atoms with van der Waals surface area (Å²) >= 11 is 6.08. The molecular weight excluding hydrogens is 226 g/mol. The van der Waals surface area contributed by atoms with Gasteiger partial charge in [-0.1, -0.05) is 25.4 Å². The van der Waals surface area contributed by atoms with Crippen LogP contribution in [-0.4, -0.2) is 34.8 Å². The van der Waals surface area contributed by atoms with E-state index >= 15 is 0 Å². The summed E-state index contributed by atoms with van der Waals surface area (Å²) in [7, 11) is 1.89. The van der Waals surface area contributed by atoms with E-state index in [1.165, 1.54) is 6.33 Å². The number of nitrogens with zero attached hydrogens (tertiary/aromatic N) is 3. The van der Waals surface area contributed by atoms with Gasteiger partial charge in [-0.05, 0) is 12.8 Å². The zero-order chi connectivity index (χ0) is 12.3. The van der Waals surface area contributed by atoms with Crippen LogP contribution in [0.15, 0.2) is 6.33 Å². The summed E-state index contributed by atoms with van der Waals surface area (Å²) in [6, 6.07) is 0.00321. The van der Waals surface area contributed by atoms with E-state index < -0.39 is 0 Å². The van der Waals surface area contributed by atoms with Crippen molar-refractivity contribution in [1.82, 2.24) is 9.97 Å². The van der Waals surface area contributed by atoms with Crippen LogP contribution in [0, 0.1) is 0 Å². The molecule has 1 rings (SSSR count). The van der Waals surface area contributed by atoms with Crippen molar-refractivity contribution in [3.05, 3.63) is 17.0 Å². The third kappa shape index (κ3) is 2.62. The monoisotopic (exact) mass is 243 g/mol. The van der Waals surface area contributed by atoms with Gasteiger partial charge >= 0.3 is 0 Å². The molecule has 0 radical (unpaired) electrons. The van der Waals surface area contributed by atoms with E-state index in [0.29, 0.717) is 5.15 Å². The van der Waals surface area contributed by atoms with Gasteiger partial charge in [0.05, 0.1) is 12.6 Å². The van der Waals surface area contributed by atoms with Crippen molar-refractivity contribution in [2.24, 2.45) is 0 Å². The minimum Gasteiger partial charge on any atom is -0.394 e. The first-order valence-corrected chi connectivity index (χ1v) is 5.70. The average molecular weight is 244 g/mol. The molecule has 1 atom stereocenters. The minimum atomic E-state index is 0.00321. The number of likely N-dealkylation sites (N-methyl/N-ethyl adjacent to an activating group) is 1. The van der Waals surface area contributed by atoms with Crippen LogP contribution in [0.3, 0.4) is 0 Å². The molecule has 16 heavy (non-hydrogen) atoms. The predicted molar refractivity (Wildman–Crippen MR) is 66.1 cm³/mol. The van der Waals surface area contributed by atoms with Crippen molar-refractivity contribution < 1.29 is 5.11 Å². The van der Waals surface area contributed by atoms with Crippen LogP contribution in [0.1, 0.15) is 32.3 Å². The Morgan fingerprint density at radius 1 is 1.38 bits per heavy atom. The maximum absolute atomic E-state index is 9.15. The van der Waals surface area contributed by atoms with E-state index in [1.54, 1.807) is 0 Å². The van der Waals surface area contributed by atoms with Crippen molar-refractivity contribution in [3.63, 3.8) is 0 Å². The Balaban J connectivity index is 3.17. The number of aromatic nitrogens is 2. The second-order valence-corrected chi connectivity index (χ2v) is 4.56. The molecule has 1 aromatic rings. The highest BCUT2D eigenvalue weighted by Gasteiger charge is 2.19. The highest BCUT2D eigenvalue weighted by Crippen LogP contribution is 2.30. The number of aliphatic hydroxyl groups excluding tert-OH is 1. The number of anilines is 1. The Bertz CT molecular complexity index is 357. The van der Waals surface area contributed by atoms with Crippen LogP contribution >= 0.6 is 11.6 Å². The van der Waals surface area contributed by atoms with Gasteiger partial charge in [-0.15, -0.1) is 0 Å². The molecule has 0 aliphatic carbocycles. The zero-order valence-corrected chi connectivity index (χ0v) is 10.9. The molecule has 1 N–H and O–H groups in total. The minimum absolute atomic E-state index is 0.00321. The molecule has 0 bridgehead atoms. The van der Waals surface area contributed by atoms with Gasteiger partial charge in [-0.2, -0.15) is 0 Å². The lowest BCUT2D eigenvalue weighted by Gasteiger charge is -2.27. The number of rotatable bonds is 4. The lowest BCUT2D eigenvalue weighted by molar-refractivity contribution is 0.269. The summed E-state index contributed by atoms with van der Waals surface area (Å²) in [6.45, 7) is 6.10. The van der Waals surface area contributed by atoms with Crippen molar-refractivity contribution in [2.45, 2.75) is 32.7 Å². The van der Waals surface area contributed by atoms with Gasteiger partial charge in [0, 0.05) is 12.6 Å². The second kappa shape index (κ2) is 5.46. The molecular formula is C11H18ClN3O. The van der Waals surface area contributed by atoms with Crippen LogP contribution in [-0.2, 0) is 0 Å². The zero-order valence-electron chi connectivity index (χ0n) is 10.1. The van der Waals surface area contributed by atoms with Gasteiger partial charge in [0.2, 0.25) is 0 Å². The van der Waals surface area contributed by atoms with E-state index in [1.807, 2.05) is 32.7 Å². The van der Waals surface area contributed by atoms with Crippen LogP contribution in [0.25, 0.3) is 0 Å². The SMILES string of the molecule is CC(C)c1c(Cl)ncnc1N(C)C(C)CO. The summed E-state index contributed by atoms with van der Waals surface area (Å²) < 4.78 is 0. The molecule has 0 saturated heterocycles. The maximum Gasteiger partial charge on any atom is 0.138 e. The van der Waals surface area contributed by atoms with Gasteiger partial charge in [0.1, 0.15) is 17.3 Å². The van der Waals surface area contributed by atoms with Gasteiger partial charge < -0.3 is 10.0 Å². The van der Waals surface area contributed by atoms with Crippen LogP contribution in [0.5, 0.6) is 0 Å². The molecule has 0 aliphatic heterocycles. The fourth-order valence-corrected chi connectivity index (χ4v) is 1.82. The van der Waals surface area contributed by atoms with Crippen LogP contribution < -0.4 is 4.90 Å². The van der Waals surface area contributed by atoms with E-state index in [9.17, 15) is 0 Å². The van der Waals surface area contributed by atoms with E-state index in [2.05, 4.69) is 9.97 Å². The first-order valence-electron chi connectivity index (χ1n) is 5.33. The summed E-state index contributed by atoms with van der Waals surface area (Å²) in [5.74, 6) is 1.04. The molecule has 5 heteroatoms.